The second-order valence-corrected chi connectivity index (χ2v) is 3.34. The first-order chi connectivity index (χ1) is 6.06. The minimum atomic E-state index is -0.558. The van der Waals surface area contributed by atoms with Crippen molar-refractivity contribution in [2.45, 2.75) is 6.92 Å². The lowest BCUT2D eigenvalue weighted by molar-refractivity contribution is -0.385. The summed E-state index contributed by atoms with van der Waals surface area (Å²) in [5.41, 5.74) is 0.663. The van der Waals surface area contributed by atoms with Gasteiger partial charge in [0.1, 0.15) is 11.6 Å². The van der Waals surface area contributed by atoms with Crippen LogP contribution in [0.4, 0.5) is 5.69 Å². The summed E-state index contributed by atoms with van der Waals surface area (Å²) in [6.45, 7) is 1.73. The van der Waals surface area contributed by atoms with Crippen molar-refractivity contribution < 1.29 is 4.92 Å². The molecule has 1 aromatic carbocycles. The molecule has 0 aliphatic rings. The summed E-state index contributed by atoms with van der Waals surface area (Å²) in [7, 11) is 0. The van der Waals surface area contributed by atoms with E-state index < -0.39 is 4.92 Å². The summed E-state index contributed by atoms with van der Waals surface area (Å²) in [5.74, 6) is 0. The van der Waals surface area contributed by atoms with Crippen molar-refractivity contribution in [3.05, 3.63) is 37.8 Å². The Morgan fingerprint density at radius 3 is 2.69 bits per heavy atom. The molecule has 0 unspecified atom stereocenters. The summed E-state index contributed by atoms with van der Waals surface area (Å²) >= 11 is 3.20. The molecule has 4 nitrogen and oxygen atoms in total. The van der Waals surface area contributed by atoms with Crippen molar-refractivity contribution in [2.24, 2.45) is 0 Å². The van der Waals surface area contributed by atoms with Gasteiger partial charge >= 0.3 is 0 Å². The van der Waals surface area contributed by atoms with Crippen LogP contribution in [0, 0.1) is 28.4 Å². The van der Waals surface area contributed by atoms with Crippen LogP contribution < -0.4 is 0 Å². The normalized spacial score (nSPS) is 9.31. The molecule has 0 fully saturated rings. The molecule has 13 heavy (non-hydrogen) atoms. The lowest BCUT2D eigenvalue weighted by atomic mass is 10.1. The average Bonchev–Trinajstić information content (AvgIpc) is 2.08. The van der Waals surface area contributed by atoms with Crippen LogP contribution in [0.1, 0.15) is 11.1 Å². The van der Waals surface area contributed by atoms with Crippen LogP contribution in [0.2, 0.25) is 0 Å². The number of aryl methyl sites for hydroxylation is 1. The van der Waals surface area contributed by atoms with Crippen molar-refractivity contribution in [1.82, 2.24) is 0 Å². The number of benzene rings is 1. The molecule has 0 atom stereocenters. The maximum atomic E-state index is 10.5. The molecule has 0 bridgehead atoms. The molecule has 0 aliphatic heterocycles. The minimum Gasteiger partial charge on any atom is -0.258 e. The molecular weight excluding hydrogens is 236 g/mol. The van der Waals surface area contributed by atoms with Crippen molar-refractivity contribution >= 4 is 21.6 Å². The highest BCUT2D eigenvalue weighted by molar-refractivity contribution is 9.10. The van der Waals surface area contributed by atoms with Crippen LogP contribution >= 0.6 is 15.9 Å². The Kier molecular flexibility index (Phi) is 2.63. The van der Waals surface area contributed by atoms with E-state index in [1.807, 2.05) is 0 Å². The molecule has 0 amide bonds. The van der Waals surface area contributed by atoms with E-state index in [4.69, 9.17) is 5.26 Å². The number of nitriles is 1. The zero-order valence-corrected chi connectivity index (χ0v) is 8.33. The van der Waals surface area contributed by atoms with Gasteiger partial charge in [-0.15, -0.1) is 0 Å². The SMILES string of the molecule is Cc1cc([N+](=O)[O-])c(C#N)cc1Br. The van der Waals surface area contributed by atoms with Crippen LogP contribution in [0.15, 0.2) is 16.6 Å². The first-order valence-corrected chi connectivity index (χ1v) is 4.20. The number of nitrogens with zero attached hydrogens (tertiary/aromatic N) is 2. The maximum Gasteiger partial charge on any atom is 0.287 e. The molecule has 0 saturated heterocycles. The van der Waals surface area contributed by atoms with Gasteiger partial charge in [-0.3, -0.25) is 10.1 Å². The summed E-state index contributed by atoms with van der Waals surface area (Å²) < 4.78 is 0.703. The van der Waals surface area contributed by atoms with Crippen LogP contribution in [0.25, 0.3) is 0 Å². The number of nitro groups is 1. The van der Waals surface area contributed by atoms with E-state index in [1.54, 1.807) is 13.0 Å². The Morgan fingerprint density at radius 2 is 2.23 bits per heavy atom. The van der Waals surface area contributed by atoms with Gasteiger partial charge in [0.25, 0.3) is 5.69 Å². The molecule has 1 aromatic rings. The number of nitro benzene ring substituents is 1. The van der Waals surface area contributed by atoms with E-state index in [1.165, 1.54) is 12.1 Å². The molecule has 0 saturated carbocycles. The summed E-state index contributed by atoms with van der Waals surface area (Å²) in [4.78, 5) is 9.93. The third-order valence-electron chi connectivity index (χ3n) is 1.59. The highest BCUT2D eigenvalue weighted by atomic mass is 79.9. The summed E-state index contributed by atoms with van der Waals surface area (Å²) in [5, 5.41) is 19.1. The van der Waals surface area contributed by atoms with Crippen molar-refractivity contribution in [2.75, 3.05) is 0 Å². The van der Waals surface area contributed by atoms with E-state index >= 15 is 0 Å². The van der Waals surface area contributed by atoms with Crippen LogP contribution in [0.3, 0.4) is 0 Å². The number of hydrogen-bond acceptors (Lipinski definition) is 3. The van der Waals surface area contributed by atoms with Crippen molar-refractivity contribution in [1.29, 1.82) is 5.26 Å². The van der Waals surface area contributed by atoms with Gasteiger partial charge in [0.15, 0.2) is 0 Å². The van der Waals surface area contributed by atoms with Crippen LogP contribution in [-0.4, -0.2) is 4.92 Å². The van der Waals surface area contributed by atoms with Gasteiger partial charge in [-0.2, -0.15) is 5.26 Å². The minimum absolute atomic E-state index is 0.0717. The topological polar surface area (TPSA) is 66.9 Å². The predicted octanol–water partition coefficient (Wildman–Crippen LogP) is 2.54. The van der Waals surface area contributed by atoms with Gasteiger partial charge in [0, 0.05) is 10.5 Å². The first-order valence-electron chi connectivity index (χ1n) is 3.41. The van der Waals surface area contributed by atoms with Gasteiger partial charge < -0.3 is 0 Å². The van der Waals surface area contributed by atoms with E-state index in [2.05, 4.69) is 15.9 Å². The van der Waals surface area contributed by atoms with Gasteiger partial charge in [0.05, 0.1) is 4.92 Å². The maximum absolute atomic E-state index is 10.5. The molecule has 1 rings (SSSR count). The Hall–Kier alpha value is -1.41. The zero-order valence-electron chi connectivity index (χ0n) is 6.74. The lowest BCUT2D eigenvalue weighted by Crippen LogP contribution is -1.93. The number of rotatable bonds is 1. The highest BCUT2D eigenvalue weighted by Gasteiger charge is 2.14. The standard InChI is InChI=1S/C8H5BrN2O2/c1-5-2-8(11(12)13)6(4-10)3-7(5)9/h2-3H,1H3. The fourth-order valence-electron chi connectivity index (χ4n) is 0.907. The lowest BCUT2D eigenvalue weighted by Gasteiger charge is -1.99. The number of hydrogen-bond donors (Lipinski definition) is 0. The number of halogens is 1. The Labute approximate surface area is 83.1 Å². The largest absolute Gasteiger partial charge is 0.287 e. The van der Waals surface area contributed by atoms with E-state index in [0.29, 0.717) is 4.47 Å². The molecule has 0 radical (unpaired) electrons. The third-order valence-corrected chi connectivity index (χ3v) is 2.45. The predicted molar refractivity (Wildman–Crippen MR) is 50.2 cm³/mol. The molecule has 0 heterocycles. The fourth-order valence-corrected chi connectivity index (χ4v) is 1.25. The highest BCUT2D eigenvalue weighted by Crippen LogP contribution is 2.25. The molecule has 0 aliphatic carbocycles. The van der Waals surface area contributed by atoms with Crippen LogP contribution in [-0.2, 0) is 0 Å². The fraction of sp³-hybridized carbons (Fsp3) is 0.125. The smallest absolute Gasteiger partial charge is 0.258 e. The first kappa shape index (κ1) is 9.68. The van der Waals surface area contributed by atoms with Crippen molar-refractivity contribution in [3.8, 4) is 6.07 Å². The average molecular weight is 241 g/mol. The Balaban J connectivity index is 3.44. The monoisotopic (exact) mass is 240 g/mol. The van der Waals surface area contributed by atoms with Crippen LogP contribution in [0.5, 0.6) is 0 Å². The zero-order chi connectivity index (χ0) is 10.0. The molecule has 66 valence electrons. The van der Waals surface area contributed by atoms with Crippen molar-refractivity contribution in [3.63, 3.8) is 0 Å². The molecular formula is C8H5BrN2O2. The van der Waals surface area contributed by atoms with E-state index in [-0.39, 0.29) is 11.3 Å². The van der Waals surface area contributed by atoms with Gasteiger partial charge in [0.2, 0.25) is 0 Å². The van der Waals surface area contributed by atoms with Gasteiger partial charge in [-0.25, -0.2) is 0 Å². The summed E-state index contributed by atoms with van der Waals surface area (Å²) in [6.07, 6.45) is 0. The Bertz CT molecular complexity index is 409. The third kappa shape index (κ3) is 1.84. The molecule has 0 spiro atoms. The Morgan fingerprint density at radius 1 is 1.62 bits per heavy atom. The van der Waals surface area contributed by atoms with E-state index in [9.17, 15) is 10.1 Å². The molecule has 0 aromatic heterocycles. The second kappa shape index (κ2) is 3.54. The molecule has 0 N–H and O–H groups in total. The second-order valence-electron chi connectivity index (χ2n) is 2.49. The van der Waals surface area contributed by atoms with Gasteiger partial charge in [-0.1, -0.05) is 15.9 Å². The summed E-state index contributed by atoms with van der Waals surface area (Å²) in [6, 6.07) is 4.60. The van der Waals surface area contributed by atoms with E-state index in [0.717, 1.165) is 5.56 Å². The quantitative estimate of drug-likeness (QED) is 0.560. The molecule has 5 heteroatoms. The van der Waals surface area contributed by atoms with Gasteiger partial charge in [-0.05, 0) is 18.6 Å².